The number of hydrogen-bond acceptors (Lipinski definition) is 5. The van der Waals surface area contributed by atoms with Crippen LogP contribution in [0, 0.1) is 0 Å². The third-order valence-electron chi connectivity index (χ3n) is 5.64. The van der Waals surface area contributed by atoms with Crippen LogP contribution in [0.25, 0.3) is 0 Å². The van der Waals surface area contributed by atoms with E-state index in [0.29, 0.717) is 39.9 Å². The van der Waals surface area contributed by atoms with Crippen LogP contribution < -0.4 is 4.90 Å². The monoisotopic (exact) mass is 530 g/mol. The number of rotatable bonds is 7. The molecule has 1 fully saturated rings. The van der Waals surface area contributed by atoms with E-state index in [9.17, 15) is 14.4 Å². The summed E-state index contributed by atoms with van der Waals surface area (Å²) in [6.45, 7) is 1.50. The van der Waals surface area contributed by atoms with Gasteiger partial charge in [-0.2, -0.15) is 0 Å². The van der Waals surface area contributed by atoms with E-state index in [-0.39, 0.29) is 23.3 Å². The van der Waals surface area contributed by atoms with Gasteiger partial charge in [0.2, 0.25) is 11.7 Å². The lowest BCUT2D eigenvalue weighted by Crippen LogP contribution is -2.32. The molecule has 0 saturated carbocycles. The van der Waals surface area contributed by atoms with Gasteiger partial charge in [0.05, 0.1) is 33.6 Å². The average Bonchev–Trinajstić information content (AvgIpc) is 3.40. The molecular formula is C25H21Cl3N4O3. The summed E-state index contributed by atoms with van der Waals surface area (Å²) in [6, 6.07) is 11.4. The Morgan fingerprint density at radius 2 is 1.60 bits per heavy atom. The molecule has 0 bridgehead atoms. The van der Waals surface area contributed by atoms with Crippen LogP contribution >= 0.6 is 34.8 Å². The van der Waals surface area contributed by atoms with Gasteiger partial charge in [0.25, 0.3) is 5.91 Å². The first-order valence-electron chi connectivity index (χ1n) is 11.0. The number of halogens is 3. The minimum atomic E-state index is -0.512. The van der Waals surface area contributed by atoms with Crippen molar-refractivity contribution in [1.82, 2.24) is 14.9 Å². The number of carbonyl (C=O) groups is 3. The topological polar surface area (TPSA) is 83.5 Å². The summed E-state index contributed by atoms with van der Waals surface area (Å²) in [5.41, 5.74) is 1.50. The Morgan fingerprint density at radius 1 is 0.886 bits per heavy atom. The van der Waals surface area contributed by atoms with Gasteiger partial charge in [-0.1, -0.05) is 40.9 Å². The number of aromatic nitrogens is 2. The van der Waals surface area contributed by atoms with Crippen molar-refractivity contribution in [2.24, 2.45) is 0 Å². The zero-order chi connectivity index (χ0) is 24.9. The van der Waals surface area contributed by atoms with E-state index in [2.05, 4.69) is 9.97 Å². The van der Waals surface area contributed by atoms with E-state index >= 15 is 0 Å². The molecule has 0 spiro atoms. The van der Waals surface area contributed by atoms with Crippen LogP contribution in [0.4, 0.5) is 5.69 Å². The molecule has 2 amide bonds. The molecule has 0 atom stereocenters. The third-order valence-corrected chi connectivity index (χ3v) is 6.69. The fraction of sp³-hybridized carbons (Fsp3) is 0.240. The molecular weight excluding hydrogens is 511 g/mol. The van der Waals surface area contributed by atoms with Gasteiger partial charge in [0.15, 0.2) is 5.82 Å². The third kappa shape index (κ3) is 5.99. The highest BCUT2D eigenvalue weighted by molar-refractivity contribution is 6.42. The smallest absolute Gasteiger partial charge is 0.255 e. The van der Waals surface area contributed by atoms with Crippen LogP contribution in [-0.4, -0.2) is 45.6 Å². The second kappa shape index (κ2) is 11.2. The summed E-state index contributed by atoms with van der Waals surface area (Å²) in [6.07, 6.45) is 4.36. The number of hydrogen-bond donors (Lipinski definition) is 0. The Kier molecular flexibility index (Phi) is 8.00. The molecule has 2 heterocycles. The predicted octanol–water partition coefficient (Wildman–Crippen LogP) is 5.48. The van der Waals surface area contributed by atoms with Crippen molar-refractivity contribution in [3.05, 3.63) is 86.9 Å². The first-order valence-corrected chi connectivity index (χ1v) is 12.1. The Labute approximate surface area is 217 Å². The summed E-state index contributed by atoms with van der Waals surface area (Å²) in [5.74, 6) is -1.18. The first-order chi connectivity index (χ1) is 16.8. The fourth-order valence-electron chi connectivity index (χ4n) is 3.83. The second-order valence-corrected chi connectivity index (χ2v) is 9.29. The lowest BCUT2D eigenvalue weighted by atomic mass is 10.1. The van der Waals surface area contributed by atoms with Gasteiger partial charge in [-0.05, 0) is 54.8 Å². The molecule has 7 nitrogen and oxygen atoms in total. The molecule has 1 aromatic heterocycles. The lowest BCUT2D eigenvalue weighted by Gasteiger charge is -2.24. The van der Waals surface area contributed by atoms with Gasteiger partial charge in [-0.3, -0.25) is 14.4 Å². The summed E-state index contributed by atoms with van der Waals surface area (Å²) < 4.78 is 0. The Balaban J connectivity index is 1.63. The normalized spacial score (nSPS) is 13.1. The Morgan fingerprint density at radius 3 is 2.26 bits per heavy atom. The number of amides is 2. The van der Waals surface area contributed by atoms with E-state index in [1.807, 2.05) is 0 Å². The van der Waals surface area contributed by atoms with E-state index < -0.39 is 18.1 Å². The molecule has 1 aliphatic rings. The Bertz CT molecular complexity index is 1260. The van der Waals surface area contributed by atoms with Crippen molar-refractivity contribution >= 4 is 58.1 Å². The lowest BCUT2D eigenvalue weighted by molar-refractivity contribution is -0.117. The standard InChI is InChI=1S/C25H21Cl3N4O3/c26-19-7-4-16(12-21(19)28)15-32(23(34)14-22(33)24-29-8-3-9-30-24)17-5-6-18(20(27)13-17)25(35)31-10-1-2-11-31/h3-9,12-13H,1-2,10-11,14-15H2. The number of likely N-dealkylation sites (tertiary alicyclic amines) is 1. The minimum Gasteiger partial charge on any atom is -0.339 e. The van der Waals surface area contributed by atoms with Crippen LogP contribution in [0.15, 0.2) is 54.9 Å². The van der Waals surface area contributed by atoms with E-state index in [1.165, 1.54) is 17.3 Å². The predicted molar refractivity (Wildman–Crippen MR) is 135 cm³/mol. The number of nitrogens with zero attached hydrogens (tertiary/aromatic N) is 4. The molecule has 180 valence electrons. The second-order valence-electron chi connectivity index (χ2n) is 8.06. The number of benzene rings is 2. The summed E-state index contributed by atoms with van der Waals surface area (Å²) in [5, 5.41) is 0.955. The number of Topliss-reactive ketones (excluding diaryl/α,β-unsaturated/α-hetero) is 1. The van der Waals surface area contributed by atoms with Crippen LogP contribution in [0.2, 0.25) is 15.1 Å². The van der Waals surface area contributed by atoms with Gasteiger partial charge in [-0.15, -0.1) is 0 Å². The van der Waals surface area contributed by atoms with Crippen molar-refractivity contribution in [2.45, 2.75) is 25.8 Å². The molecule has 0 N–H and O–H groups in total. The SMILES string of the molecule is O=C(CC(=O)N(Cc1ccc(Cl)c(Cl)c1)c1ccc(C(=O)N2CCCC2)c(Cl)c1)c1ncccn1. The molecule has 3 aromatic rings. The maximum atomic E-state index is 13.3. The zero-order valence-electron chi connectivity index (χ0n) is 18.6. The van der Waals surface area contributed by atoms with Crippen molar-refractivity contribution in [2.75, 3.05) is 18.0 Å². The molecule has 2 aromatic carbocycles. The maximum absolute atomic E-state index is 13.3. The van der Waals surface area contributed by atoms with E-state index in [1.54, 1.807) is 47.4 Å². The largest absolute Gasteiger partial charge is 0.339 e. The summed E-state index contributed by atoms with van der Waals surface area (Å²) >= 11 is 18.7. The molecule has 4 rings (SSSR count). The molecule has 1 saturated heterocycles. The van der Waals surface area contributed by atoms with Crippen molar-refractivity contribution in [3.63, 3.8) is 0 Å². The average molecular weight is 532 g/mol. The van der Waals surface area contributed by atoms with Crippen LogP contribution in [0.1, 0.15) is 45.8 Å². The quantitative estimate of drug-likeness (QED) is 0.298. The fourth-order valence-corrected chi connectivity index (χ4v) is 4.41. The number of ketones is 1. The van der Waals surface area contributed by atoms with Crippen LogP contribution in [-0.2, 0) is 11.3 Å². The Hall–Kier alpha value is -3.00. The molecule has 0 unspecified atom stereocenters. The molecule has 1 aliphatic heterocycles. The van der Waals surface area contributed by atoms with Crippen LogP contribution in [0.3, 0.4) is 0 Å². The summed E-state index contributed by atoms with van der Waals surface area (Å²) in [4.78, 5) is 49.8. The van der Waals surface area contributed by atoms with E-state index in [0.717, 1.165) is 12.8 Å². The highest BCUT2D eigenvalue weighted by atomic mass is 35.5. The van der Waals surface area contributed by atoms with Crippen molar-refractivity contribution in [3.8, 4) is 0 Å². The summed E-state index contributed by atoms with van der Waals surface area (Å²) in [7, 11) is 0. The van der Waals surface area contributed by atoms with Gasteiger partial charge in [0, 0.05) is 31.2 Å². The van der Waals surface area contributed by atoms with Crippen LogP contribution in [0.5, 0.6) is 0 Å². The van der Waals surface area contributed by atoms with Crippen molar-refractivity contribution in [1.29, 1.82) is 0 Å². The van der Waals surface area contributed by atoms with Gasteiger partial charge in [-0.25, -0.2) is 9.97 Å². The molecule has 0 aliphatic carbocycles. The minimum absolute atomic E-state index is 0.0417. The number of anilines is 1. The van der Waals surface area contributed by atoms with Gasteiger partial charge in [0.1, 0.15) is 0 Å². The van der Waals surface area contributed by atoms with Gasteiger partial charge < -0.3 is 9.80 Å². The highest BCUT2D eigenvalue weighted by Crippen LogP contribution is 2.29. The maximum Gasteiger partial charge on any atom is 0.255 e. The molecule has 10 heteroatoms. The van der Waals surface area contributed by atoms with Crippen molar-refractivity contribution < 1.29 is 14.4 Å². The highest BCUT2D eigenvalue weighted by Gasteiger charge is 2.25. The number of carbonyl (C=O) groups excluding carboxylic acids is 3. The van der Waals surface area contributed by atoms with E-state index in [4.69, 9.17) is 34.8 Å². The molecule has 0 radical (unpaired) electrons. The molecule has 35 heavy (non-hydrogen) atoms. The zero-order valence-corrected chi connectivity index (χ0v) is 20.9. The van der Waals surface area contributed by atoms with Gasteiger partial charge >= 0.3 is 0 Å². The first kappa shape index (κ1) is 25.1.